The maximum atomic E-state index is 11.4. The molecule has 1 heterocycles. The first kappa shape index (κ1) is 11.5. The van der Waals surface area contributed by atoms with Crippen molar-refractivity contribution in [2.45, 2.75) is 3.79 Å². The molecule has 1 aromatic rings. The highest BCUT2D eigenvalue weighted by Gasteiger charge is 2.15. The minimum Gasteiger partial charge on any atom is -0.288 e. The molecule has 0 fully saturated rings. The van der Waals surface area contributed by atoms with Crippen molar-refractivity contribution in [2.75, 3.05) is 0 Å². The Morgan fingerprint density at radius 2 is 2.07 bits per heavy atom. The molecule has 74 valence electrons. The first-order valence-corrected chi connectivity index (χ1v) is 4.84. The third kappa shape index (κ3) is 4.09. The number of halogens is 3. The maximum absolute atomic E-state index is 11.4. The second-order valence-electron chi connectivity index (χ2n) is 2.45. The van der Waals surface area contributed by atoms with E-state index in [0.29, 0.717) is 5.69 Å². The van der Waals surface area contributed by atoms with Crippen molar-refractivity contribution in [1.29, 1.82) is 0 Å². The van der Waals surface area contributed by atoms with Gasteiger partial charge in [-0.05, 0) is 24.3 Å². The molecule has 0 aliphatic carbocycles. The van der Waals surface area contributed by atoms with Crippen molar-refractivity contribution in [3.63, 3.8) is 0 Å². The molecule has 0 spiro atoms. The lowest BCUT2D eigenvalue weighted by molar-refractivity contribution is 0.104. The topological polar surface area (TPSA) is 30.0 Å². The number of aromatic nitrogens is 1. The Kier molecular flexibility index (Phi) is 3.93. The van der Waals surface area contributed by atoms with Crippen LogP contribution >= 0.6 is 34.8 Å². The summed E-state index contributed by atoms with van der Waals surface area (Å²) < 4.78 is -1.55. The molecular formula is C9H6Cl3NO. The second-order valence-corrected chi connectivity index (χ2v) is 4.82. The summed E-state index contributed by atoms with van der Waals surface area (Å²) in [6.45, 7) is 0. The second kappa shape index (κ2) is 4.78. The van der Waals surface area contributed by atoms with E-state index in [1.807, 2.05) is 0 Å². The van der Waals surface area contributed by atoms with Crippen LogP contribution in [0.25, 0.3) is 0 Å². The number of ketones is 1. The van der Waals surface area contributed by atoms with Gasteiger partial charge < -0.3 is 0 Å². The van der Waals surface area contributed by atoms with Crippen molar-refractivity contribution in [3.8, 4) is 0 Å². The molecule has 0 atom stereocenters. The van der Waals surface area contributed by atoms with Crippen LogP contribution in [-0.2, 0) is 0 Å². The summed E-state index contributed by atoms with van der Waals surface area (Å²) in [6, 6.07) is 5.02. The highest BCUT2D eigenvalue weighted by Crippen LogP contribution is 2.27. The van der Waals surface area contributed by atoms with Gasteiger partial charge in [0, 0.05) is 6.20 Å². The largest absolute Gasteiger partial charge is 0.288 e. The molecule has 0 N–H and O–H groups in total. The zero-order valence-electron chi connectivity index (χ0n) is 6.95. The van der Waals surface area contributed by atoms with Gasteiger partial charge in [-0.3, -0.25) is 9.78 Å². The molecule has 1 rings (SSSR count). The maximum Gasteiger partial charge on any atom is 0.209 e. The van der Waals surface area contributed by atoms with Gasteiger partial charge in [-0.2, -0.15) is 0 Å². The Morgan fingerprint density at radius 3 is 2.57 bits per heavy atom. The number of alkyl halides is 3. The summed E-state index contributed by atoms with van der Waals surface area (Å²) in [5.41, 5.74) is 0.318. The van der Waals surface area contributed by atoms with E-state index in [-0.39, 0.29) is 5.78 Å². The van der Waals surface area contributed by atoms with E-state index in [0.717, 1.165) is 0 Å². The van der Waals surface area contributed by atoms with Gasteiger partial charge in [0.25, 0.3) is 0 Å². The van der Waals surface area contributed by atoms with Crippen LogP contribution in [0.3, 0.4) is 0 Å². The van der Waals surface area contributed by atoms with Crippen LogP contribution < -0.4 is 0 Å². The highest BCUT2D eigenvalue weighted by molar-refractivity contribution is 6.69. The van der Waals surface area contributed by atoms with Gasteiger partial charge in [0.05, 0.1) is 0 Å². The zero-order valence-corrected chi connectivity index (χ0v) is 9.22. The van der Waals surface area contributed by atoms with Crippen LogP contribution in [-0.4, -0.2) is 14.6 Å². The predicted octanol–water partition coefficient (Wildman–Crippen LogP) is 3.19. The van der Waals surface area contributed by atoms with E-state index >= 15 is 0 Å². The van der Waals surface area contributed by atoms with Crippen LogP contribution in [0.1, 0.15) is 10.5 Å². The van der Waals surface area contributed by atoms with Gasteiger partial charge in [0.1, 0.15) is 5.69 Å². The zero-order chi connectivity index (χ0) is 10.6. The molecule has 0 amide bonds. The standard InChI is InChI=1S/C9H6Cl3NO/c10-9(11,12)5-4-8(14)7-3-1-2-6-13-7/h1-6H/b5-4+. The fraction of sp³-hybridized carbons (Fsp3) is 0.111. The summed E-state index contributed by atoms with van der Waals surface area (Å²) in [4.78, 5) is 15.2. The van der Waals surface area contributed by atoms with Gasteiger partial charge >= 0.3 is 0 Å². The Hall–Kier alpha value is -0.570. The number of rotatable bonds is 2. The van der Waals surface area contributed by atoms with E-state index in [1.165, 1.54) is 18.3 Å². The van der Waals surface area contributed by atoms with Crippen molar-refractivity contribution in [2.24, 2.45) is 0 Å². The molecule has 5 heteroatoms. The van der Waals surface area contributed by atoms with Gasteiger partial charge in [-0.25, -0.2) is 0 Å². The minimum absolute atomic E-state index is 0.295. The molecule has 0 unspecified atom stereocenters. The first-order valence-electron chi connectivity index (χ1n) is 3.70. The normalized spacial score (nSPS) is 11.9. The third-order valence-electron chi connectivity index (χ3n) is 1.34. The number of carbonyl (C=O) groups excluding carboxylic acids is 1. The average Bonchev–Trinajstić information content (AvgIpc) is 2.14. The van der Waals surface area contributed by atoms with E-state index in [4.69, 9.17) is 34.8 Å². The molecule has 0 radical (unpaired) electrons. The Bertz CT molecular complexity index is 343. The van der Waals surface area contributed by atoms with Gasteiger partial charge in [0.15, 0.2) is 0 Å². The molecule has 14 heavy (non-hydrogen) atoms. The van der Waals surface area contributed by atoms with E-state index < -0.39 is 3.79 Å². The first-order chi connectivity index (χ1) is 6.49. The number of allylic oxidation sites excluding steroid dienone is 2. The summed E-state index contributed by atoms with van der Waals surface area (Å²) in [5.74, 6) is -0.295. The molecule has 0 aliphatic rings. The lowest BCUT2D eigenvalue weighted by Gasteiger charge is -2.01. The molecule has 0 bridgehead atoms. The number of carbonyl (C=O) groups is 1. The van der Waals surface area contributed by atoms with Crippen molar-refractivity contribution in [1.82, 2.24) is 4.98 Å². The van der Waals surface area contributed by atoms with Crippen molar-refractivity contribution >= 4 is 40.6 Å². The van der Waals surface area contributed by atoms with Gasteiger partial charge in [0.2, 0.25) is 9.58 Å². The summed E-state index contributed by atoms with van der Waals surface area (Å²) in [5, 5.41) is 0. The fourth-order valence-electron chi connectivity index (χ4n) is 0.764. The van der Waals surface area contributed by atoms with Crippen LogP contribution in [0.4, 0.5) is 0 Å². The average molecular weight is 251 g/mol. The summed E-state index contributed by atoms with van der Waals surface area (Å²) in [6.07, 6.45) is 3.90. The van der Waals surface area contributed by atoms with E-state index in [9.17, 15) is 4.79 Å². The van der Waals surface area contributed by atoms with E-state index in [2.05, 4.69) is 4.98 Å². The lowest BCUT2D eigenvalue weighted by Crippen LogP contribution is -2.01. The molecular weight excluding hydrogens is 244 g/mol. The van der Waals surface area contributed by atoms with Crippen LogP contribution in [0, 0.1) is 0 Å². The highest BCUT2D eigenvalue weighted by atomic mass is 35.6. The molecule has 0 aromatic carbocycles. The minimum atomic E-state index is -1.55. The Morgan fingerprint density at radius 1 is 1.36 bits per heavy atom. The van der Waals surface area contributed by atoms with Crippen molar-refractivity contribution < 1.29 is 4.79 Å². The molecule has 0 saturated heterocycles. The number of hydrogen-bond acceptors (Lipinski definition) is 2. The van der Waals surface area contributed by atoms with Gasteiger partial charge in [-0.15, -0.1) is 0 Å². The predicted molar refractivity (Wildman–Crippen MR) is 58.0 cm³/mol. The SMILES string of the molecule is O=C(/C=C/C(Cl)(Cl)Cl)c1ccccn1. The Balaban J connectivity index is 2.74. The fourth-order valence-corrected chi connectivity index (χ4v) is 0.953. The Labute approximate surface area is 96.5 Å². The summed E-state index contributed by atoms with van der Waals surface area (Å²) >= 11 is 16.3. The monoisotopic (exact) mass is 249 g/mol. The molecule has 0 saturated carbocycles. The van der Waals surface area contributed by atoms with Crippen LogP contribution in [0.5, 0.6) is 0 Å². The quantitative estimate of drug-likeness (QED) is 0.458. The van der Waals surface area contributed by atoms with Gasteiger partial charge in [-0.1, -0.05) is 40.9 Å². The molecule has 2 nitrogen and oxygen atoms in total. The number of pyridine rings is 1. The smallest absolute Gasteiger partial charge is 0.209 e. The number of hydrogen-bond donors (Lipinski definition) is 0. The molecule has 0 aliphatic heterocycles. The van der Waals surface area contributed by atoms with E-state index in [1.54, 1.807) is 18.2 Å². The third-order valence-corrected chi connectivity index (χ3v) is 1.72. The lowest BCUT2D eigenvalue weighted by atomic mass is 10.2. The molecule has 1 aromatic heterocycles. The summed E-state index contributed by atoms with van der Waals surface area (Å²) in [7, 11) is 0. The van der Waals surface area contributed by atoms with Crippen molar-refractivity contribution in [3.05, 3.63) is 42.2 Å². The number of nitrogens with zero attached hydrogens (tertiary/aromatic N) is 1. The van der Waals surface area contributed by atoms with Crippen LogP contribution in [0.2, 0.25) is 0 Å². The van der Waals surface area contributed by atoms with Crippen LogP contribution in [0.15, 0.2) is 36.5 Å².